The number of carboxylic acids is 1. The highest BCUT2D eigenvalue weighted by Gasteiger charge is 2.28. The lowest BCUT2D eigenvalue weighted by Crippen LogP contribution is -2.40. The van der Waals surface area contributed by atoms with Crippen molar-refractivity contribution in [1.82, 2.24) is 4.31 Å². The van der Waals surface area contributed by atoms with Crippen LogP contribution in [-0.4, -0.2) is 36.9 Å². The van der Waals surface area contributed by atoms with E-state index in [1.807, 2.05) is 0 Å². The first-order valence-corrected chi connectivity index (χ1v) is 8.83. The molecule has 1 heterocycles. The van der Waals surface area contributed by atoms with Crippen molar-refractivity contribution < 1.29 is 18.3 Å². The summed E-state index contributed by atoms with van der Waals surface area (Å²) >= 11 is 0. The molecule has 21 heavy (non-hydrogen) atoms. The molecule has 6 heteroatoms. The Balaban J connectivity index is 2.08. The number of hydrogen-bond donors (Lipinski definition) is 1. The van der Waals surface area contributed by atoms with Gasteiger partial charge in [-0.05, 0) is 36.5 Å². The van der Waals surface area contributed by atoms with Crippen molar-refractivity contribution in [3.05, 3.63) is 35.4 Å². The van der Waals surface area contributed by atoms with Crippen molar-refractivity contribution in [3.8, 4) is 0 Å². The predicted octanol–water partition coefficient (Wildman–Crippen LogP) is 2.34. The molecule has 0 aliphatic carbocycles. The highest BCUT2D eigenvalue weighted by Crippen LogP contribution is 2.23. The van der Waals surface area contributed by atoms with E-state index in [2.05, 4.69) is 6.92 Å². The van der Waals surface area contributed by atoms with Gasteiger partial charge in [-0.1, -0.05) is 25.5 Å². The highest BCUT2D eigenvalue weighted by molar-refractivity contribution is 7.88. The summed E-state index contributed by atoms with van der Waals surface area (Å²) in [6.45, 7) is 3.28. The van der Waals surface area contributed by atoms with E-state index < -0.39 is 16.0 Å². The number of carbonyl (C=O) groups is 1. The van der Waals surface area contributed by atoms with Crippen molar-refractivity contribution >= 4 is 16.0 Å². The summed E-state index contributed by atoms with van der Waals surface area (Å²) in [6.07, 6.45) is 3.00. The quantitative estimate of drug-likeness (QED) is 0.905. The predicted molar refractivity (Wildman–Crippen MR) is 80.6 cm³/mol. The van der Waals surface area contributed by atoms with Gasteiger partial charge in [0, 0.05) is 13.1 Å². The van der Waals surface area contributed by atoms with Crippen LogP contribution in [0.15, 0.2) is 24.3 Å². The Morgan fingerprint density at radius 1 is 1.33 bits per heavy atom. The number of aromatic carboxylic acids is 1. The first-order valence-electron chi connectivity index (χ1n) is 7.22. The molecule has 0 amide bonds. The largest absolute Gasteiger partial charge is 0.478 e. The summed E-state index contributed by atoms with van der Waals surface area (Å²) in [4.78, 5) is 10.8. The Bertz CT molecular complexity index is 595. The van der Waals surface area contributed by atoms with E-state index in [-0.39, 0.29) is 11.3 Å². The fourth-order valence-electron chi connectivity index (χ4n) is 2.66. The number of carboxylic acid groups (broad SMARTS) is 1. The fraction of sp³-hybridized carbons (Fsp3) is 0.533. The van der Waals surface area contributed by atoms with Crippen molar-refractivity contribution in [3.63, 3.8) is 0 Å². The molecule has 0 bridgehead atoms. The number of nitrogens with zero attached hydrogens (tertiary/aromatic N) is 1. The molecule has 0 saturated carbocycles. The van der Waals surface area contributed by atoms with Gasteiger partial charge in [0.25, 0.3) is 0 Å². The molecular formula is C15H21NO4S. The van der Waals surface area contributed by atoms with Gasteiger partial charge in [0.2, 0.25) is 10.0 Å². The molecule has 1 aromatic carbocycles. The van der Waals surface area contributed by atoms with Crippen LogP contribution in [0, 0.1) is 5.92 Å². The SMILES string of the molecule is CCC1CCCN(S(=O)(=O)Cc2ccc(C(=O)O)cc2)C1. The second-order valence-corrected chi connectivity index (χ2v) is 7.50. The lowest BCUT2D eigenvalue weighted by atomic mass is 9.97. The molecule has 1 atom stereocenters. The minimum atomic E-state index is -3.33. The second-order valence-electron chi connectivity index (χ2n) is 5.53. The molecule has 0 spiro atoms. The maximum Gasteiger partial charge on any atom is 0.335 e. The third-order valence-corrected chi connectivity index (χ3v) is 5.82. The van der Waals surface area contributed by atoms with Crippen molar-refractivity contribution in [2.45, 2.75) is 31.9 Å². The van der Waals surface area contributed by atoms with Crippen LogP contribution in [0.25, 0.3) is 0 Å². The molecule has 1 aliphatic heterocycles. The van der Waals surface area contributed by atoms with Crippen LogP contribution in [-0.2, 0) is 15.8 Å². The molecule has 2 rings (SSSR count). The highest BCUT2D eigenvalue weighted by atomic mass is 32.2. The van der Waals surface area contributed by atoms with Gasteiger partial charge >= 0.3 is 5.97 Å². The molecule has 1 unspecified atom stereocenters. The van der Waals surface area contributed by atoms with Gasteiger partial charge in [-0.2, -0.15) is 0 Å². The summed E-state index contributed by atoms with van der Waals surface area (Å²) in [5.74, 6) is -0.627. The molecule has 5 nitrogen and oxygen atoms in total. The van der Waals surface area contributed by atoms with Crippen LogP contribution in [0.1, 0.15) is 42.1 Å². The van der Waals surface area contributed by atoms with Gasteiger partial charge in [0.15, 0.2) is 0 Å². The minimum Gasteiger partial charge on any atom is -0.478 e. The molecular weight excluding hydrogens is 290 g/mol. The summed E-state index contributed by atoms with van der Waals surface area (Å²) in [5.41, 5.74) is 0.791. The number of sulfonamides is 1. The van der Waals surface area contributed by atoms with Gasteiger partial charge in [0.1, 0.15) is 0 Å². The van der Waals surface area contributed by atoms with E-state index in [0.29, 0.717) is 24.6 Å². The van der Waals surface area contributed by atoms with Crippen LogP contribution in [0.2, 0.25) is 0 Å². The maximum atomic E-state index is 12.4. The van der Waals surface area contributed by atoms with Crippen molar-refractivity contribution in [2.24, 2.45) is 5.92 Å². The number of rotatable bonds is 5. The lowest BCUT2D eigenvalue weighted by Gasteiger charge is -2.31. The zero-order valence-electron chi connectivity index (χ0n) is 12.2. The Kier molecular flexibility index (Phi) is 5.00. The van der Waals surface area contributed by atoms with Crippen molar-refractivity contribution in [1.29, 1.82) is 0 Å². The average Bonchev–Trinajstić information content (AvgIpc) is 2.47. The topological polar surface area (TPSA) is 74.7 Å². The van der Waals surface area contributed by atoms with Crippen LogP contribution in [0.5, 0.6) is 0 Å². The third-order valence-electron chi connectivity index (χ3n) is 4.00. The average molecular weight is 311 g/mol. The molecule has 1 saturated heterocycles. The first-order chi connectivity index (χ1) is 9.92. The molecule has 1 aromatic rings. The van der Waals surface area contributed by atoms with Crippen molar-refractivity contribution in [2.75, 3.05) is 13.1 Å². The van der Waals surface area contributed by atoms with Crippen LogP contribution < -0.4 is 0 Å². The van der Waals surface area contributed by atoms with Gasteiger partial charge in [-0.25, -0.2) is 17.5 Å². The van der Waals surface area contributed by atoms with E-state index in [1.54, 1.807) is 16.4 Å². The number of hydrogen-bond acceptors (Lipinski definition) is 3. The van der Waals surface area contributed by atoms with E-state index in [0.717, 1.165) is 19.3 Å². The van der Waals surface area contributed by atoms with Gasteiger partial charge < -0.3 is 5.11 Å². The number of benzene rings is 1. The minimum absolute atomic E-state index is 0.0661. The molecule has 0 radical (unpaired) electrons. The standard InChI is InChI=1S/C15H21NO4S/c1-2-12-4-3-9-16(10-12)21(19,20)11-13-5-7-14(8-6-13)15(17)18/h5-8,12H,2-4,9-11H2,1H3,(H,17,18). The molecule has 1 aliphatic rings. The zero-order chi connectivity index (χ0) is 15.5. The molecule has 0 aromatic heterocycles. The summed E-state index contributed by atoms with van der Waals surface area (Å²) in [6, 6.07) is 6.03. The second kappa shape index (κ2) is 6.58. The van der Waals surface area contributed by atoms with Gasteiger partial charge in [-0.15, -0.1) is 0 Å². The lowest BCUT2D eigenvalue weighted by molar-refractivity contribution is 0.0697. The number of piperidine rings is 1. The normalized spacial score (nSPS) is 20.3. The summed E-state index contributed by atoms with van der Waals surface area (Å²) in [7, 11) is -3.33. The Hall–Kier alpha value is -1.40. The monoisotopic (exact) mass is 311 g/mol. The Labute approximate surface area is 125 Å². The first kappa shape index (κ1) is 16.0. The van der Waals surface area contributed by atoms with Crippen LogP contribution in [0.3, 0.4) is 0 Å². The third kappa shape index (κ3) is 4.04. The van der Waals surface area contributed by atoms with Crippen LogP contribution >= 0.6 is 0 Å². The zero-order valence-corrected chi connectivity index (χ0v) is 13.0. The Morgan fingerprint density at radius 3 is 2.57 bits per heavy atom. The molecule has 116 valence electrons. The Morgan fingerprint density at radius 2 is 2.00 bits per heavy atom. The summed E-state index contributed by atoms with van der Waals surface area (Å²) < 4.78 is 26.5. The maximum absolute atomic E-state index is 12.4. The van der Waals surface area contributed by atoms with E-state index >= 15 is 0 Å². The summed E-state index contributed by atoms with van der Waals surface area (Å²) in [5, 5.41) is 8.84. The van der Waals surface area contributed by atoms with E-state index in [1.165, 1.54) is 12.1 Å². The fourth-order valence-corrected chi connectivity index (χ4v) is 4.30. The van der Waals surface area contributed by atoms with E-state index in [4.69, 9.17) is 5.11 Å². The van der Waals surface area contributed by atoms with E-state index in [9.17, 15) is 13.2 Å². The van der Waals surface area contributed by atoms with Crippen LogP contribution in [0.4, 0.5) is 0 Å². The smallest absolute Gasteiger partial charge is 0.335 e. The molecule has 1 fully saturated rings. The molecule has 1 N–H and O–H groups in total. The van der Waals surface area contributed by atoms with Gasteiger partial charge in [0.05, 0.1) is 11.3 Å². The van der Waals surface area contributed by atoms with Gasteiger partial charge in [-0.3, -0.25) is 0 Å².